The zero-order chi connectivity index (χ0) is 36.5. The molecule has 2 fully saturated rings. The number of hydrogen-bond donors (Lipinski definition) is 1. The molecule has 0 radical (unpaired) electrons. The molecule has 0 aliphatic carbocycles. The molecule has 268 valence electrons. The Balaban J connectivity index is 0.000000359. The van der Waals surface area contributed by atoms with Gasteiger partial charge in [-0.05, 0) is 151 Å². The third kappa shape index (κ3) is 19.0. The summed E-state index contributed by atoms with van der Waals surface area (Å²) >= 11 is 2.17. The van der Waals surface area contributed by atoms with E-state index in [1.807, 2.05) is 6.92 Å². The second kappa shape index (κ2) is 21.1. The van der Waals surface area contributed by atoms with E-state index in [-0.39, 0.29) is 23.3 Å². The molecule has 2 saturated heterocycles. The van der Waals surface area contributed by atoms with Gasteiger partial charge in [-0.1, -0.05) is 0 Å². The Morgan fingerprint density at radius 2 is 1.44 bits per heavy atom. The fourth-order valence-electron chi connectivity index (χ4n) is 4.10. The molecule has 0 spiro atoms. The number of likely N-dealkylation sites (tertiary alicyclic amines) is 1. The number of alkyl carbamates (subject to hydrolysis) is 1. The van der Waals surface area contributed by atoms with Crippen molar-refractivity contribution in [1.29, 1.82) is 0 Å². The molecule has 9 nitrogen and oxygen atoms in total. The minimum absolute atomic E-state index is 0.0570. The lowest BCUT2D eigenvalue weighted by Crippen LogP contribution is -2.37. The molecule has 0 aromatic heterocycles. The number of hydrogen-bond acceptors (Lipinski definition) is 7. The van der Waals surface area contributed by atoms with Crippen molar-refractivity contribution < 1.29 is 42.2 Å². The zero-order valence-corrected chi connectivity index (χ0v) is 31.6. The van der Waals surface area contributed by atoms with Gasteiger partial charge in [0.05, 0.1) is 0 Å². The van der Waals surface area contributed by atoms with E-state index in [1.54, 1.807) is 54.5 Å². The van der Waals surface area contributed by atoms with Gasteiger partial charge in [0.15, 0.2) is 5.78 Å². The van der Waals surface area contributed by atoms with Crippen molar-refractivity contribution in [3.8, 4) is 0 Å². The molecule has 0 unspecified atom stereocenters. The second-order valence-electron chi connectivity index (χ2n) is 13.3. The average molecular weight is 789 g/mol. The summed E-state index contributed by atoms with van der Waals surface area (Å²) in [6, 6.07) is 8.88. The van der Waals surface area contributed by atoms with Crippen molar-refractivity contribution in [2.24, 2.45) is 0 Å². The largest absolute Gasteiger partial charge is 0.444 e. The van der Waals surface area contributed by atoms with E-state index in [1.165, 1.54) is 48.1 Å². The number of rotatable bonds is 5. The summed E-state index contributed by atoms with van der Waals surface area (Å²) in [4.78, 5) is 47.0. The highest BCUT2D eigenvalue weighted by Crippen LogP contribution is 2.16. The van der Waals surface area contributed by atoms with E-state index in [0.29, 0.717) is 43.5 Å². The SMILES string of the molecule is C1CCOC1.CC(C)(C)OC(=O)N1CCCC1=O.Cc1cc(F)ccc1C(=O)CCCNC(=O)OC(C)(C)C.Cc1cc(F)ccc1I. The number of benzene rings is 2. The Kier molecular flexibility index (Phi) is 18.8. The summed E-state index contributed by atoms with van der Waals surface area (Å²) in [6.07, 6.45) is 3.55. The number of ether oxygens (including phenoxy) is 3. The topological polar surface area (TPSA) is 111 Å². The number of halogens is 3. The highest BCUT2D eigenvalue weighted by molar-refractivity contribution is 14.1. The number of ketones is 1. The molecule has 2 aromatic carbocycles. The minimum Gasteiger partial charge on any atom is -0.444 e. The number of amides is 3. The number of Topliss-reactive ketones (excluding diaryl/α,β-unsaturated/α-hetero) is 1. The summed E-state index contributed by atoms with van der Waals surface area (Å²) in [5.74, 6) is -0.698. The maximum absolute atomic E-state index is 13.0. The molecule has 1 N–H and O–H groups in total. The lowest BCUT2D eigenvalue weighted by atomic mass is 10.0. The molecular weight excluding hydrogens is 737 g/mol. The molecule has 4 rings (SSSR count). The number of carbonyl (C=O) groups is 4. The normalized spacial score (nSPS) is 14.0. The van der Waals surface area contributed by atoms with Crippen LogP contribution in [0.25, 0.3) is 0 Å². The first-order valence-corrected chi connectivity index (χ1v) is 17.2. The summed E-state index contributed by atoms with van der Waals surface area (Å²) in [5.41, 5.74) is 1.08. The zero-order valence-electron chi connectivity index (χ0n) is 29.5. The van der Waals surface area contributed by atoms with Crippen molar-refractivity contribution in [3.05, 3.63) is 68.3 Å². The molecule has 12 heteroatoms. The third-order valence-electron chi connectivity index (χ3n) is 6.37. The fraction of sp³-hybridized carbons (Fsp3) is 0.556. The Morgan fingerprint density at radius 3 is 1.88 bits per heavy atom. The maximum atomic E-state index is 13.0. The van der Waals surface area contributed by atoms with Crippen LogP contribution in [-0.4, -0.2) is 66.3 Å². The quantitative estimate of drug-likeness (QED) is 0.183. The van der Waals surface area contributed by atoms with Crippen LogP contribution in [0.3, 0.4) is 0 Å². The number of aryl methyl sites for hydroxylation is 2. The van der Waals surface area contributed by atoms with Crippen LogP contribution in [0.1, 0.15) is 102 Å². The van der Waals surface area contributed by atoms with E-state index < -0.39 is 23.4 Å². The second-order valence-corrected chi connectivity index (χ2v) is 14.4. The van der Waals surface area contributed by atoms with Crippen molar-refractivity contribution in [3.63, 3.8) is 0 Å². The molecule has 2 aliphatic rings. The molecule has 0 atom stereocenters. The predicted molar refractivity (Wildman–Crippen MR) is 190 cm³/mol. The van der Waals surface area contributed by atoms with Crippen molar-refractivity contribution in [1.82, 2.24) is 10.2 Å². The van der Waals surface area contributed by atoms with Crippen LogP contribution in [-0.2, 0) is 19.0 Å². The van der Waals surface area contributed by atoms with E-state index in [2.05, 4.69) is 27.9 Å². The Morgan fingerprint density at radius 1 is 0.875 bits per heavy atom. The molecule has 2 aliphatic heterocycles. The third-order valence-corrected chi connectivity index (χ3v) is 7.58. The van der Waals surface area contributed by atoms with Crippen LogP contribution in [0.2, 0.25) is 0 Å². The lowest BCUT2D eigenvalue weighted by molar-refractivity contribution is -0.126. The molecule has 2 heterocycles. The fourth-order valence-corrected chi connectivity index (χ4v) is 4.44. The van der Waals surface area contributed by atoms with Gasteiger partial charge in [0.25, 0.3) is 0 Å². The van der Waals surface area contributed by atoms with E-state index >= 15 is 0 Å². The van der Waals surface area contributed by atoms with E-state index in [9.17, 15) is 28.0 Å². The molecule has 3 amide bonds. The maximum Gasteiger partial charge on any atom is 0.417 e. The van der Waals surface area contributed by atoms with Gasteiger partial charge in [0.1, 0.15) is 22.8 Å². The first-order valence-electron chi connectivity index (χ1n) is 16.1. The summed E-state index contributed by atoms with van der Waals surface area (Å²) < 4.78 is 41.5. The monoisotopic (exact) mass is 788 g/mol. The van der Waals surface area contributed by atoms with Gasteiger partial charge in [-0.25, -0.2) is 23.3 Å². The first-order chi connectivity index (χ1) is 22.3. The molecule has 0 bridgehead atoms. The van der Waals surface area contributed by atoms with E-state index in [0.717, 1.165) is 28.8 Å². The Hall–Kier alpha value is -3.13. The van der Waals surface area contributed by atoms with Crippen molar-refractivity contribution >= 4 is 46.5 Å². The number of nitrogens with zero attached hydrogens (tertiary/aromatic N) is 1. The Bertz CT molecular complexity index is 1350. The van der Waals surface area contributed by atoms with Crippen LogP contribution < -0.4 is 5.32 Å². The number of nitrogens with one attached hydrogen (secondary N) is 1. The van der Waals surface area contributed by atoms with Crippen molar-refractivity contribution in [2.45, 2.75) is 105 Å². The molecule has 48 heavy (non-hydrogen) atoms. The highest BCUT2D eigenvalue weighted by Gasteiger charge is 2.30. The van der Waals surface area contributed by atoms with Gasteiger partial charge in [0.2, 0.25) is 5.91 Å². The number of imide groups is 1. The average Bonchev–Trinajstić information content (AvgIpc) is 3.68. The van der Waals surface area contributed by atoms with Gasteiger partial charge >= 0.3 is 12.2 Å². The van der Waals surface area contributed by atoms with Crippen molar-refractivity contribution in [2.75, 3.05) is 26.3 Å². The molecule has 0 saturated carbocycles. The summed E-state index contributed by atoms with van der Waals surface area (Å²) in [6.45, 7) is 17.2. The van der Waals surface area contributed by atoms with Crippen LogP contribution in [0.5, 0.6) is 0 Å². The van der Waals surface area contributed by atoms with Crippen LogP contribution >= 0.6 is 22.6 Å². The minimum atomic E-state index is -0.537. The van der Waals surface area contributed by atoms with Crippen LogP contribution in [0.4, 0.5) is 18.4 Å². The van der Waals surface area contributed by atoms with Crippen LogP contribution in [0, 0.1) is 29.1 Å². The van der Waals surface area contributed by atoms with Gasteiger partial charge in [-0.3, -0.25) is 9.59 Å². The van der Waals surface area contributed by atoms with E-state index in [4.69, 9.17) is 14.2 Å². The number of carbonyl (C=O) groups excluding carboxylic acids is 4. The molecule has 2 aromatic rings. The van der Waals surface area contributed by atoms with Gasteiger partial charge < -0.3 is 19.5 Å². The lowest BCUT2D eigenvalue weighted by Gasteiger charge is -2.23. The highest BCUT2D eigenvalue weighted by atomic mass is 127. The van der Waals surface area contributed by atoms with Crippen LogP contribution in [0.15, 0.2) is 36.4 Å². The van der Waals surface area contributed by atoms with Gasteiger partial charge in [-0.15, -0.1) is 0 Å². The Labute approximate surface area is 297 Å². The smallest absolute Gasteiger partial charge is 0.417 e. The first kappa shape index (κ1) is 42.9. The predicted octanol–water partition coefficient (Wildman–Crippen LogP) is 8.70. The molecular formula is C36H51F2IN2O7. The standard InChI is InChI=1S/C16H22FNO3.C9H15NO3.C7H6FI.C4H8O/c1-11-10-12(17)7-8-13(11)14(19)6-5-9-18-15(20)21-16(2,3)4;1-9(2,3)13-8(12)10-6-4-5-7(10)11;1-5-4-6(8)2-3-7(5)9;1-2-4-5-3-1/h7-8,10H,5-6,9H2,1-4H3,(H,18,20);4-6H2,1-3H3;2-4H,1H3;1-4H2. The van der Waals surface area contributed by atoms with Gasteiger partial charge in [-0.2, -0.15) is 0 Å². The summed E-state index contributed by atoms with van der Waals surface area (Å²) in [7, 11) is 0. The summed E-state index contributed by atoms with van der Waals surface area (Å²) in [5, 5.41) is 2.60. The van der Waals surface area contributed by atoms with Gasteiger partial charge in [0, 0.05) is 48.3 Å².